The van der Waals surface area contributed by atoms with Gasteiger partial charge >= 0.3 is 6.09 Å². The summed E-state index contributed by atoms with van der Waals surface area (Å²) in [5.41, 5.74) is 1.87. The molecule has 0 bridgehead atoms. The van der Waals surface area contributed by atoms with Crippen LogP contribution in [0.2, 0.25) is 0 Å². The first kappa shape index (κ1) is 16.6. The van der Waals surface area contributed by atoms with Gasteiger partial charge in [0.05, 0.1) is 0 Å². The monoisotopic (exact) mass is 333 g/mol. The normalized spacial score (nSPS) is 10.1. The largest absolute Gasteiger partial charge is 0.489 e. The van der Waals surface area contributed by atoms with E-state index in [0.717, 1.165) is 17.0 Å². The van der Waals surface area contributed by atoms with E-state index in [1.54, 1.807) is 31.3 Å². The molecule has 0 radical (unpaired) electrons. The second-order valence-corrected chi connectivity index (χ2v) is 5.51. The van der Waals surface area contributed by atoms with Gasteiger partial charge < -0.3 is 9.47 Å². The second kappa shape index (κ2) is 8.02. The van der Waals surface area contributed by atoms with Crippen LogP contribution in [0.15, 0.2) is 84.9 Å². The van der Waals surface area contributed by atoms with Crippen LogP contribution in [-0.4, -0.2) is 13.1 Å². The molecule has 0 saturated heterocycles. The van der Waals surface area contributed by atoms with Gasteiger partial charge in [-0.1, -0.05) is 48.5 Å². The molecule has 0 aliphatic rings. The summed E-state index contributed by atoms with van der Waals surface area (Å²) in [6.45, 7) is 0.497. The molecular weight excluding hydrogens is 314 g/mol. The van der Waals surface area contributed by atoms with Crippen molar-refractivity contribution in [2.75, 3.05) is 11.9 Å². The predicted molar refractivity (Wildman–Crippen MR) is 98.1 cm³/mol. The third-order valence-corrected chi connectivity index (χ3v) is 3.69. The molecule has 4 heteroatoms. The van der Waals surface area contributed by atoms with Crippen LogP contribution in [-0.2, 0) is 6.61 Å². The van der Waals surface area contributed by atoms with Crippen LogP contribution in [0.4, 0.5) is 10.5 Å². The van der Waals surface area contributed by atoms with Crippen molar-refractivity contribution < 1.29 is 14.3 Å². The van der Waals surface area contributed by atoms with E-state index in [-0.39, 0.29) is 0 Å². The molecule has 0 aliphatic carbocycles. The zero-order valence-electron chi connectivity index (χ0n) is 14.0. The Bertz CT molecular complexity index is 802. The van der Waals surface area contributed by atoms with E-state index >= 15 is 0 Å². The van der Waals surface area contributed by atoms with Gasteiger partial charge in [0.2, 0.25) is 0 Å². The van der Waals surface area contributed by atoms with Gasteiger partial charge in [-0.15, -0.1) is 0 Å². The molecule has 4 nitrogen and oxygen atoms in total. The molecule has 0 aromatic heterocycles. The number of hydrogen-bond donors (Lipinski definition) is 0. The number of benzene rings is 3. The summed E-state index contributed by atoms with van der Waals surface area (Å²) in [5, 5.41) is 0. The van der Waals surface area contributed by atoms with E-state index in [1.165, 1.54) is 4.90 Å². The number of hydrogen-bond acceptors (Lipinski definition) is 3. The van der Waals surface area contributed by atoms with Gasteiger partial charge in [-0.25, -0.2) is 4.79 Å². The number of nitrogens with zero attached hydrogens (tertiary/aromatic N) is 1. The lowest BCUT2D eigenvalue weighted by Gasteiger charge is -2.16. The Hall–Kier alpha value is -3.27. The van der Waals surface area contributed by atoms with Crippen molar-refractivity contribution in [3.05, 3.63) is 90.5 Å². The zero-order valence-corrected chi connectivity index (χ0v) is 14.0. The van der Waals surface area contributed by atoms with Gasteiger partial charge in [0.15, 0.2) is 0 Å². The number of carbonyl (C=O) groups excluding carboxylic acids is 1. The average Bonchev–Trinajstić information content (AvgIpc) is 2.68. The number of ether oxygens (including phenoxy) is 2. The molecule has 0 fully saturated rings. The maximum absolute atomic E-state index is 12.2. The molecule has 0 heterocycles. The lowest BCUT2D eigenvalue weighted by atomic mass is 10.2. The van der Waals surface area contributed by atoms with Gasteiger partial charge in [-0.3, -0.25) is 4.90 Å². The Labute approximate surface area is 147 Å². The van der Waals surface area contributed by atoms with Crippen molar-refractivity contribution in [1.29, 1.82) is 0 Å². The van der Waals surface area contributed by atoms with Crippen molar-refractivity contribution in [2.24, 2.45) is 0 Å². The summed E-state index contributed by atoms with van der Waals surface area (Å²) in [5.74, 6) is 1.19. The van der Waals surface area contributed by atoms with E-state index in [2.05, 4.69) is 0 Å². The number of rotatable bonds is 5. The lowest BCUT2D eigenvalue weighted by Crippen LogP contribution is -2.29. The van der Waals surface area contributed by atoms with Crippen LogP contribution in [0.25, 0.3) is 0 Å². The lowest BCUT2D eigenvalue weighted by molar-refractivity contribution is 0.209. The van der Waals surface area contributed by atoms with E-state index in [4.69, 9.17) is 9.47 Å². The minimum atomic E-state index is -0.441. The number of para-hydroxylation sites is 1. The van der Waals surface area contributed by atoms with Gasteiger partial charge in [0.1, 0.15) is 18.1 Å². The third-order valence-electron chi connectivity index (χ3n) is 3.69. The molecule has 0 saturated carbocycles. The van der Waals surface area contributed by atoms with E-state index < -0.39 is 6.09 Å². The van der Waals surface area contributed by atoms with E-state index in [1.807, 2.05) is 60.7 Å². The first-order chi connectivity index (χ1) is 12.2. The Morgan fingerprint density at radius 2 is 1.36 bits per heavy atom. The minimum Gasteiger partial charge on any atom is -0.489 e. The average molecular weight is 333 g/mol. The Morgan fingerprint density at radius 3 is 2.00 bits per heavy atom. The molecule has 1 amide bonds. The maximum atomic E-state index is 12.2. The fraction of sp³-hybridized carbons (Fsp3) is 0.0952. The van der Waals surface area contributed by atoms with Crippen molar-refractivity contribution in [2.45, 2.75) is 6.61 Å². The summed E-state index contributed by atoms with van der Waals surface area (Å²) in [6.07, 6.45) is -0.441. The Balaban J connectivity index is 1.56. The molecule has 0 N–H and O–H groups in total. The van der Waals surface area contributed by atoms with Crippen LogP contribution in [0.5, 0.6) is 11.5 Å². The quantitative estimate of drug-likeness (QED) is 0.666. The summed E-state index contributed by atoms with van der Waals surface area (Å²) in [6, 6.07) is 26.3. The standard InChI is InChI=1S/C21H19NO3/c1-22(18-10-6-3-7-11-18)21(23)25-20-14-12-19(13-15-20)24-16-17-8-4-2-5-9-17/h2-15H,16H2,1H3. The van der Waals surface area contributed by atoms with E-state index in [0.29, 0.717) is 12.4 Å². The smallest absolute Gasteiger partial charge is 0.419 e. The van der Waals surface area contributed by atoms with Gasteiger partial charge in [0, 0.05) is 12.7 Å². The molecule has 3 aromatic carbocycles. The number of amides is 1. The van der Waals surface area contributed by atoms with Crippen LogP contribution < -0.4 is 14.4 Å². The highest BCUT2D eigenvalue weighted by Gasteiger charge is 2.12. The zero-order chi connectivity index (χ0) is 17.5. The SMILES string of the molecule is CN(C(=O)Oc1ccc(OCc2ccccc2)cc1)c1ccccc1. The summed E-state index contributed by atoms with van der Waals surface area (Å²) in [4.78, 5) is 13.6. The minimum absolute atomic E-state index is 0.441. The predicted octanol–water partition coefficient (Wildman–Crippen LogP) is 4.90. The fourth-order valence-electron chi connectivity index (χ4n) is 2.27. The highest BCUT2D eigenvalue weighted by molar-refractivity contribution is 5.88. The fourth-order valence-corrected chi connectivity index (χ4v) is 2.27. The highest BCUT2D eigenvalue weighted by Crippen LogP contribution is 2.20. The first-order valence-electron chi connectivity index (χ1n) is 8.00. The number of carbonyl (C=O) groups is 1. The first-order valence-corrected chi connectivity index (χ1v) is 8.00. The van der Waals surface area contributed by atoms with Gasteiger partial charge in [0.25, 0.3) is 0 Å². The molecule has 0 spiro atoms. The third kappa shape index (κ3) is 4.61. The van der Waals surface area contributed by atoms with Crippen LogP contribution in [0, 0.1) is 0 Å². The van der Waals surface area contributed by atoms with Gasteiger partial charge in [-0.05, 0) is 42.0 Å². The van der Waals surface area contributed by atoms with Crippen LogP contribution in [0.1, 0.15) is 5.56 Å². The van der Waals surface area contributed by atoms with E-state index in [9.17, 15) is 4.79 Å². The highest BCUT2D eigenvalue weighted by atomic mass is 16.6. The van der Waals surface area contributed by atoms with Gasteiger partial charge in [-0.2, -0.15) is 0 Å². The summed E-state index contributed by atoms with van der Waals surface area (Å²) < 4.78 is 11.1. The molecule has 0 aliphatic heterocycles. The van der Waals surface area contributed by atoms with Crippen molar-refractivity contribution >= 4 is 11.8 Å². The summed E-state index contributed by atoms with van der Waals surface area (Å²) in [7, 11) is 1.68. The molecule has 3 rings (SSSR count). The second-order valence-electron chi connectivity index (χ2n) is 5.51. The Morgan fingerprint density at radius 1 is 0.800 bits per heavy atom. The number of anilines is 1. The van der Waals surface area contributed by atoms with Crippen molar-refractivity contribution in [1.82, 2.24) is 0 Å². The maximum Gasteiger partial charge on any atom is 0.419 e. The van der Waals surface area contributed by atoms with Crippen LogP contribution in [0.3, 0.4) is 0 Å². The van der Waals surface area contributed by atoms with Crippen molar-refractivity contribution in [3.8, 4) is 11.5 Å². The topological polar surface area (TPSA) is 38.8 Å². The summed E-state index contributed by atoms with van der Waals surface area (Å²) >= 11 is 0. The van der Waals surface area contributed by atoms with Crippen molar-refractivity contribution in [3.63, 3.8) is 0 Å². The molecule has 126 valence electrons. The molecule has 25 heavy (non-hydrogen) atoms. The molecule has 0 atom stereocenters. The Kier molecular flexibility index (Phi) is 5.32. The molecule has 0 unspecified atom stereocenters. The molecule has 3 aromatic rings. The molecular formula is C21H19NO3. The van der Waals surface area contributed by atoms with Crippen LogP contribution >= 0.6 is 0 Å².